The van der Waals surface area contributed by atoms with Gasteiger partial charge in [0.25, 0.3) is 0 Å². The largest absolute Gasteiger partial charge is 0.469 e. The van der Waals surface area contributed by atoms with Gasteiger partial charge in [0, 0.05) is 0 Å². The smallest absolute Gasteiger partial charge is 0.312 e. The van der Waals surface area contributed by atoms with Crippen LogP contribution >= 0.6 is 0 Å². The maximum atomic E-state index is 12.0. The van der Waals surface area contributed by atoms with E-state index in [1.54, 1.807) is 0 Å². The van der Waals surface area contributed by atoms with Gasteiger partial charge in [0.2, 0.25) is 0 Å². The standard InChI is InChI=1S/C25H48O3Si/c1-6-7-8-9-10-11-12-13-14-15-16-17-18-19-20-23(25(27)28-2)24(26)21-22-29(3,4)5/h23-24,26H,6-20H2,1-5H3/t23-,24+/m1/s1. The summed E-state index contributed by atoms with van der Waals surface area (Å²) in [5, 5.41) is 10.3. The fraction of sp³-hybridized carbons (Fsp3) is 0.880. The molecule has 0 aromatic heterocycles. The molecule has 0 amide bonds. The van der Waals surface area contributed by atoms with E-state index in [1.165, 1.54) is 84.2 Å². The highest BCUT2D eigenvalue weighted by Gasteiger charge is 2.26. The average Bonchev–Trinajstić information content (AvgIpc) is 2.68. The van der Waals surface area contributed by atoms with Gasteiger partial charge in [0.15, 0.2) is 0 Å². The Bertz CT molecular complexity index is 459. The Labute approximate surface area is 182 Å². The molecule has 0 aliphatic rings. The van der Waals surface area contributed by atoms with Crippen LogP contribution in [-0.4, -0.2) is 32.4 Å². The lowest BCUT2D eigenvalue weighted by atomic mass is 9.95. The van der Waals surface area contributed by atoms with Crippen LogP contribution in [0.4, 0.5) is 0 Å². The number of carbonyl (C=O) groups excluding carboxylic acids is 1. The van der Waals surface area contributed by atoms with Crippen LogP contribution < -0.4 is 0 Å². The molecule has 3 nitrogen and oxygen atoms in total. The lowest BCUT2D eigenvalue weighted by Gasteiger charge is -2.17. The molecule has 2 atom stereocenters. The number of ether oxygens (including phenoxy) is 1. The third kappa shape index (κ3) is 17.8. The molecule has 0 aliphatic carbocycles. The van der Waals surface area contributed by atoms with Crippen molar-refractivity contribution in [2.45, 2.75) is 129 Å². The van der Waals surface area contributed by atoms with E-state index in [0.29, 0.717) is 6.42 Å². The second-order valence-corrected chi connectivity index (χ2v) is 14.2. The second-order valence-electron chi connectivity index (χ2n) is 9.48. The third-order valence-corrected chi connectivity index (χ3v) is 6.24. The number of aliphatic hydroxyl groups excluding tert-OH is 1. The van der Waals surface area contributed by atoms with Crippen molar-refractivity contribution < 1.29 is 14.6 Å². The first-order valence-corrected chi connectivity index (χ1v) is 15.6. The summed E-state index contributed by atoms with van der Waals surface area (Å²) in [6.45, 7) is 8.67. The molecule has 0 bridgehead atoms. The first-order valence-electron chi connectivity index (χ1n) is 12.1. The summed E-state index contributed by atoms with van der Waals surface area (Å²) in [4.78, 5) is 12.0. The molecule has 0 aromatic carbocycles. The van der Waals surface area contributed by atoms with E-state index in [0.717, 1.165) is 12.8 Å². The predicted molar refractivity (Wildman–Crippen MR) is 128 cm³/mol. The van der Waals surface area contributed by atoms with E-state index >= 15 is 0 Å². The Hall–Kier alpha value is -0.793. The van der Waals surface area contributed by atoms with E-state index in [-0.39, 0.29) is 5.97 Å². The number of rotatable bonds is 17. The molecular formula is C25H48O3Si. The summed E-state index contributed by atoms with van der Waals surface area (Å²) >= 11 is 0. The van der Waals surface area contributed by atoms with Crippen molar-refractivity contribution in [2.75, 3.05) is 7.11 Å². The lowest BCUT2D eigenvalue weighted by Crippen LogP contribution is -2.29. The van der Waals surface area contributed by atoms with Gasteiger partial charge in [0.05, 0.1) is 13.0 Å². The molecule has 0 radical (unpaired) electrons. The highest BCUT2D eigenvalue weighted by atomic mass is 28.3. The van der Waals surface area contributed by atoms with Crippen LogP contribution in [-0.2, 0) is 9.53 Å². The number of hydrogen-bond acceptors (Lipinski definition) is 3. The second kappa shape index (κ2) is 18.0. The molecule has 1 N–H and O–H groups in total. The lowest BCUT2D eigenvalue weighted by molar-refractivity contribution is -0.148. The number of methoxy groups -OCH3 is 1. The van der Waals surface area contributed by atoms with Crippen molar-refractivity contribution in [3.05, 3.63) is 0 Å². The molecule has 170 valence electrons. The van der Waals surface area contributed by atoms with Crippen molar-refractivity contribution in [1.82, 2.24) is 0 Å². The quantitative estimate of drug-likeness (QED) is 0.120. The van der Waals surface area contributed by atoms with Crippen LogP contribution in [0.2, 0.25) is 19.6 Å². The number of hydrogen-bond donors (Lipinski definition) is 1. The number of unbranched alkanes of at least 4 members (excludes halogenated alkanes) is 13. The first kappa shape index (κ1) is 28.2. The zero-order valence-electron chi connectivity index (χ0n) is 20.0. The van der Waals surface area contributed by atoms with Gasteiger partial charge in [-0.2, -0.15) is 0 Å². The molecule has 0 unspecified atom stereocenters. The van der Waals surface area contributed by atoms with Crippen LogP contribution in [0.25, 0.3) is 0 Å². The number of carbonyl (C=O) groups is 1. The van der Waals surface area contributed by atoms with E-state index in [4.69, 9.17) is 4.74 Å². The first-order chi connectivity index (χ1) is 13.8. The zero-order valence-corrected chi connectivity index (χ0v) is 21.0. The molecule has 0 saturated carbocycles. The third-order valence-electron chi connectivity index (χ3n) is 5.35. The Kier molecular flexibility index (Phi) is 17.5. The van der Waals surface area contributed by atoms with Gasteiger partial charge in [-0.3, -0.25) is 4.79 Å². The highest BCUT2D eigenvalue weighted by molar-refractivity contribution is 6.83. The Balaban J connectivity index is 3.81. The van der Waals surface area contributed by atoms with Crippen LogP contribution in [0.3, 0.4) is 0 Å². The summed E-state index contributed by atoms with van der Waals surface area (Å²) in [6.07, 6.45) is 18.1. The average molecular weight is 425 g/mol. The van der Waals surface area contributed by atoms with Crippen molar-refractivity contribution in [3.63, 3.8) is 0 Å². The molecule has 0 rings (SSSR count). The topological polar surface area (TPSA) is 46.5 Å². The fourth-order valence-electron chi connectivity index (χ4n) is 3.51. The van der Waals surface area contributed by atoms with Crippen LogP contribution in [0.1, 0.15) is 103 Å². The minimum Gasteiger partial charge on any atom is -0.469 e. The fourth-order valence-corrected chi connectivity index (χ4v) is 4.09. The summed E-state index contributed by atoms with van der Waals surface area (Å²) in [5.74, 6) is 2.06. The van der Waals surface area contributed by atoms with Crippen molar-refractivity contribution in [3.8, 4) is 11.5 Å². The van der Waals surface area contributed by atoms with Gasteiger partial charge >= 0.3 is 5.97 Å². The van der Waals surface area contributed by atoms with Crippen molar-refractivity contribution >= 4 is 14.0 Å². The highest BCUT2D eigenvalue weighted by Crippen LogP contribution is 2.18. The molecule has 0 heterocycles. The summed E-state index contributed by atoms with van der Waals surface area (Å²) in [5.41, 5.74) is 3.16. The van der Waals surface area contributed by atoms with Crippen molar-refractivity contribution in [2.24, 2.45) is 5.92 Å². The molecule has 0 fully saturated rings. The van der Waals surface area contributed by atoms with E-state index < -0.39 is 20.1 Å². The molecular weight excluding hydrogens is 376 g/mol. The van der Waals surface area contributed by atoms with Crippen LogP contribution in [0.15, 0.2) is 0 Å². The molecule has 0 saturated heterocycles. The Morgan fingerprint density at radius 1 is 0.828 bits per heavy atom. The van der Waals surface area contributed by atoms with Crippen LogP contribution in [0.5, 0.6) is 0 Å². The minimum absolute atomic E-state index is 0.336. The van der Waals surface area contributed by atoms with Gasteiger partial charge in [-0.15, -0.1) is 5.54 Å². The predicted octanol–water partition coefficient (Wildman–Crippen LogP) is 6.89. The number of esters is 1. The minimum atomic E-state index is -1.56. The normalized spacial score (nSPS) is 13.4. The molecule has 4 heteroatoms. The van der Waals surface area contributed by atoms with Crippen LogP contribution in [0, 0.1) is 17.4 Å². The maximum Gasteiger partial charge on any atom is 0.312 e. The van der Waals surface area contributed by atoms with E-state index in [1.807, 2.05) is 0 Å². The SMILES string of the molecule is CCCCCCCCCCCCCCCC[C@@H](C(=O)OC)[C@@H](O)C#C[Si](C)(C)C. The van der Waals surface area contributed by atoms with Gasteiger partial charge < -0.3 is 9.84 Å². The van der Waals surface area contributed by atoms with Gasteiger partial charge in [-0.25, -0.2) is 0 Å². The molecule has 0 aliphatic heterocycles. The number of aliphatic hydroxyl groups is 1. The summed E-state index contributed by atoms with van der Waals surface area (Å²) in [6, 6.07) is 0. The Morgan fingerprint density at radius 2 is 1.24 bits per heavy atom. The molecule has 0 spiro atoms. The van der Waals surface area contributed by atoms with Gasteiger partial charge in [0.1, 0.15) is 14.2 Å². The monoisotopic (exact) mass is 424 g/mol. The van der Waals surface area contributed by atoms with Gasteiger partial charge in [-0.05, 0) is 6.42 Å². The molecule has 0 aromatic rings. The summed E-state index contributed by atoms with van der Waals surface area (Å²) < 4.78 is 4.88. The molecule has 29 heavy (non-hydrogen) atoms. The van der Waals surface area contributed by atoms with Crippen molar-refractivity contribution in [1.29, 1.82) is 0 Å². The van der Waals surface area contributed by atoms with E-state index in [9.17, 15) is 9.90 Å². The summed E-state index contributed by atoms with van der Waals surface area (Å²) in [7, 11) is -0.169. The maximum absolute atomic E-state index is 12.0. The zero-order chi connectivity index (χ0) is 22.0. The van der Waals surface area contributed by atoms with E-state index in [2.05, 4.69) is 38.0 Å². The van der Waals surface area contributed by atoms with Gasteiger partial charge in [-0.1, -0.05) is 122 Å². The Morgan fingerprint density at radius 3 is 1.62 bits per heavy atom.